The van der Waals surface area contributed by atoms with Gasteiger partial charge in [-0.1, -0.05) is 6.07 Å². The number of aryl methyl sites for hydroxylation is 1. The second kappa shape index (κ2) is 11.5. The van der Waals surface area contributed by atoms with Gasteiger partial charge in [-0.2, -0.15) is 4.98 Å². The molecule has 1 saturated heterocycles. The minimum atomic E-state index is -4.62. The lowest BCUT2D eigenvalue weighted by Gasteiger charge is -2.20. The van der Waals surface area contributed by atoms with Crippen LogP contribution in [0, 0.1) is 6.92 Å². The number of nitrogens with zero attached hydrogens (tertiary/aromatic N) is 3. The summed E-state index contributed by atoms with van der Waals surface area (Å²) in [6.07, 6.45) is -4.75. The quantitative estimate of drug-likeness (QED) is 0.337. The van der Waals surface area contributed by atoms with E-state index in [4.69, 9.17) is 23.9 Å². The predicted molar refractivity (Wildman–Crippen MR) is 147 cm³/mol. The fraction of sp³-hybridized carbons (Fsp3) is 0.407. The van der Waals surface area contributed by atoms with E-state index in [0.29, 0.717) is 21.9 Å². The van der Waals surface area contributed by atoms with Crippen LogP contribution in [-0.2, 0) is 10.0 Å². The van der Waals surface area contributed by atoms with Gasteiger partial charge in [0.1, 0.15) is 18.2 Å². The van der Waals surface area contributed by atoms with E-state index in [9.17, 15) is 8.42 Å². The molecule has 9 nitrogen and oxygen atoms in total. The molecule has 0 bridgehead atoms. The fourth-order valence-electron chi connectivity index (χ4n) is 3.18. The molecule has 10 heteroatoms. The van der Waals surface area contributed by atoms with Crippen LogP contribution in [0.25, 0.3) is 0 Å². The molecule has 1 fully saturated rings. The van der Waals surface area contributed by atoms with Crippen molar-refractivity contribution >= 4 is 33.2 Å². The molecule has 3 aromatic rings. The van der Waals surface area contributed by atoms with Gasteiger partial charge in [0, 0.05) is 54.4 Å². The average molecular weight is 539 g/mol. The van der Waals surface area contributed by atoms with E-state index in [-0.39, 0.29) is 29.0 Å². The highest BCUT2D eigenvalue weighted by atomic mass is 32.2. The van der Waals surface area contributed by atoms with E-state index in [1.165, 1.54) is 30.5 Å². The van der Waals surface area contributed by atoms with Crippen LogP contribution in [0.3, 0.4) is 0 Å². The first kappa shape index (κ1) is 14.1. The van der Waals surface area contributed by atoms with Crippen LogP contribution < -0.4 is 20.1 Å². The van der Waals surface area contributed by atoms with Crippen molar-refractivity contribution in [1.29, 1.82) is 0 Å². The molecule has 2 aromatic carbocycles. The smallest absolute Gasteiger partial charge is 0.241 e. The van der Waals surface area contributed by atoms with Crippen molar-refractivity contribution < 1.29 is 32.3 Å². The number of benzene rings is 2. The lowest BCUT2D eigenvalue weighted by Crippen LogP contribution is -2.40. The van der Waals surface area contributed by atoms with Gasteiger partial charge in [-0.05, 0) is 95.8 Å². The SMILES string of the molecule is [2H]C([2H])([2H])C(C)(NS(=O)(=O)c1cccc(Nc2nc(Nc3ccc(OCCN4C([2H])([2H])C([2H])([2H])C([2H])([2H])C4([2H])[2H])cc3)ncc2C)c1)C([2H])([2H])[2H]. The van der Waals surface area contributed by atoms with Crippen molar-refractivity contribution in [2.24, 2.45) is 0 Å². The zero-order valence-electron chi connectivity index (χ0n) is 34.1. The standard InChI is InChI=1S/C27H36N6O3S/c1-20-19-28-26(30-21-10-12-23(13-11-21)36-17-16-33-14-5-6-15-33)31-25(20)29-22-8-7-9-24(18-22)37(34,35)32-27(2,3)4/h7-13,18-19,32H,5-6,14-17H2,1-4H3,(H2,28,29,30,31)/i2D3,3D3,5D2,6D2,14D2,15D2. The van der Waals surface area contributed by atoms with Gasteiger partial charge in [-0.25, -0.2) is 18.1 Å². The lowest BCUT2D eigenvalue weighted by molar-refractivity contribution is 0.238. The number of ether oxygens (including phenoxy) is 1. The van der Waals surface area contributed by atoms with Crippen molar-refractivity contribution in [2.75, 3.05) is 36.8 Å². The number of sulfonamides is 1. The molecule has 0 unspecified atom stereocenters. The van der Waals surface area contributed by atoms with E-state index < -0.39 is 61.6 Å². The monoisotopic (exact) mass is 538 g/mol. The van der Waals surface area contributed by atoms with Crippen LogP contribution in [0.2, 0.25) is 0 Å². The summed E-state index contributed by atoms with van der Waals surface area (Å²) >= 11 is 0. The van der Waals surface area contributed by atoms with Crippen LogP contribution >= 0.6 is 0 Å². The molecule has 4 rings (SSSR count). The van der Waals surface area contributed by atoms with Gasteiger partial charge >= 0.3 is 0 Å². The Balaban J connectivity index is 1.43. The Morgan fingerprint density at radius 1 is 1.11 bits per heavy atom. The molecule has 0 saturated carbocycles. The zero-order chi connectivity index (χ0) is 38.6. The largest absolute Gasteiger partial charge is 0.492 e. The molecule has 1 aliphatic rings. The third kappa shape index (κ3) is 7.88. The number of hydrogen-bond acceptors (Lipinski definition) is 8. The Hall–Kier alpha value is -3.21. The summed E-state index contributed by atoms with van der Waals surface area (Å²) in [6, 6.07) is 11.6. The molecule has 0 atom stereocenters. The van der Waals surface area contributed by atoms with E-state index in [2.05, 4.69) is 20.6 Å². The van der Waals surface area contributed by atoms with Crippen LogP contribution in [0.5, 0.6) is 5.75 Å². The third-order valence-electron chi connectivity index (χ3n) is 4.86. The summed E-state index contributed by atoms with van der Waals surface area (Å²) in [5.41, 5.74) is -1.45. The zero-order valence-corrected chi connectivity index (χ0v) is 20.9. The molecule has 0 amide bonds. The van der Waals surface area contributed by atoms with Crippen molar-refractivity contribution in [3.8, 4) is 5.75 Å². The van der Waals surface area contributed by atoms with E-state index in [1.807, 2.05) is 4.72 Å². The van der Waals surface area contributed by atoms with Crippen LogP contribution in [0.1, 0.15) is 58.1 Å². The summed E-state index contributed by atoms with van der Waals surface area (Å²) in [7, 11) is -4.62. The molecular formula is C27H36N6O3S. The first-order valence-electron chi connectivity index (χ1n) is 18.1. The van der Waals surface area contributed by atoms with E-state index in [0.717, 1.165) is 6.92 Å². The summed E-state index contributed by atoms with van der Waals surface area (Å²) < 4.78 is 144. The van der Waals surface area contributed by atoms with E-state index >= 15 is 0 Å². The molecule has 0 aliphatic carbocycles. The summed E-state index contributed by atoms with van der Waals surface area (Å²) in [5.74, 6) is 0.719. The number of nitrogens with one attached hydrogen (secondary N) is 3. The highest BCUT2D eigenvalue weighted by Crippen LogP contribution is 2.24. The number of aromatic nitrogens is 2. The molecule has 37 heavy (non-hydrogen) atoms. The van der Waals surface area contributed by atoms with Gasteiger partial charge in [0.2, 0.25) is 16.0 Å². The van der Waals surface area contributed by atoms with Gasteiger partial charge in [-0.15, -0.1) is 0 Å². The van der Waals surface area contributed by atoms with Gasteiger partial charge < -0.3 is 15.4 Å². The molecule has 1 aromatic heterocycles. The van der Waals surface area contributed by atoms with Gasteiger partial charge in [0.25, 0.3) is 0 Å². The van der Waals surface area contributed by atoms with Crippen LogP contribution in [0.15, 0.2) is 59.6 Å². The number of anilines is 4. The molecular weight excluding hydrogens is 488 g/mol. The lowest BCUT2D eigenvalue weighted by atomic mass is 10.1. The second-order valence-electron chi connectivity index (χ2n) is 8.23. The second-order valence-corrected chi connectivity index (χ2v) is 9.91. The van der Waals surface area contributed by atoms with Crippen LogP contribution in [0.4, 0.5) is 23.1 Å². The maximum atomic E-state index is 13.2. The number of rotatable bonds is 10. The summed E-state index contributed by atoms with van der Waals surface area (Å²) in [5, 5.41) is 5.97. The summed E-state index contributed by atoms with van der Waals surface area (Å²) in [6.45, 7) is -10.5. The molecule has 198 valence electrons. The fourth-order valence-corrected chi connectivity index (χ4v) is 4.38. The molecule has 3 N–H and O–H groups in total. The average Bonchev–Trinajstić information content (AvgIpc) is 3.06. The first-order valence-corrected chi connectivity index (χ1v) is 12.6. The Morgan fingerprint density at radius 3 is 2.59 bits per heavy atom. The highest BCUT2D eigenvalue weighted by Gasteiger charge is 2.22. The number of likely N-dealkylation sites (tertiary alicyclic amines) is 1. The van der Waals surface area contributed by atoms with Gasteiger partial charge in [0.15, 0.2) is 0 Å². The first-order chi connectivity index (χ1) is 23.1. The van der Waals surface area contributed by atoms with E-state index in [1.54, 1.807) is 31.2 Å². The Morgan fingerprint density at radius 2 is 1.86 bits per heavy atom. The molecule has 0 spiro atoms. The predicted octanol–water partition coefficient (Wildman–Crippen LogP) is 4.82. The summed E-state index contributed by atoms with van der Waals surface area (Å²) in [4.78, 5) is 8.77. The topological polar surface area (TPSA) is 108 Å². The normalized spacial score (nSPS) is 26.2. The Labute approximate surface area is 239 Å². The highest BCUT2D eigenvalue weighted by molar-refractivity contribution is 7.89. The van der Waals surface area contributed by atoms with Crippen LogP contribution in [-0.4, -0.2) is 55.0 Å². The van der Waals surface area contributed by atoms with Crippen molar-refractivity contribution in [1.82, 2.24) is 19.6 Å². The molecule has 1 aliphatic heterocycles. The minimum Gasteiger partial charge on any atom is -0.492 e. The number of hydrogen-bond donors (Lipinski definition) is 3. The minimum absolute atomic E-state index is 0.135. The molecule has 0 radical (unpaired) electrons. The van der Waals surface area contributed by atoms with Crippen molar-refractivity contribution in [3.63, 3.8) is 0 Å². The maximum absolute atomic E-state index is 13.2. The maximum Gasteiger partial charge on any atom is 0.241 e. The Kier molecular flexibility index (Phi) is 4.36. The third-order valence-corrected chi connectivity index (χ3v) is 6.41. The molecule has 2 heterocycles. The van der Waals surface area contributed by atoms with Gasteiger partial charge in [-0.3, -0.25) is 4.90 Å². The van der Waals surface area contributed by atoms with Gasteiger partial charge in [0.05, 0.1) is 4.90 Å². The Bertz CT molecular complexity index is 1810. The van der Waals surface area contributed by atoms with Crippen molar-refractivity contribution in [3.05, 3.63) is 60.3 Å². The van der Waals surface area contributed by atoms with Crippen molar-refractivity contribution in [2.45, 2.75) is 50.7 Å².